The molecule has 1 aromatic heterocycles. The van der Waals surface area contributed by atoms with Crippen molar-refractivity contribution in [3.8, 4) is 0 Å². The Balaban J connectivity index is 1.79. The fraction of sp³-hybridized carbons (Fsp3) is 0.350. The third kappa shape index (κ3) is 2.58. The summed E-state index contributed by atoms with van der Waals surface area (Å²) in [4.78, 5) is 30.8. The second-order valence-corrected chi connectivity index (χ2v) is 7.29. The van der Waals surface area contributed by atoms with E-state index in [-0.39, 0.29) is 23.9 Å². The first-order chi connectivity index (χ1) is 12.5. The van der Waals surface area contributed by atoms with Crippen LogP contribution in [0.4, 0.5) is 5.69 Å². The first kappa shape index (κ1) is 17.0. The minimum atomic E-state index is -0.0565. The van der Waals surface area contributed by atoms with Crippen LogP contribution in [0.2, 0.25) is 5.02 Å². The number of halogens is 1. The standard InChI is InChI=1S/C20H20ClN3O2/c1-3-18-15-8-12(21)4-5-14(15)20(26)24(18)19-10-22-9-16-13(19)6-7-17(16)23-11(2)25/h4-5,8-10,17-18H,3,6-7H2,1-2H3,(H,23,25). The zero-order chi connectivity index (χ0) is 18.4. The average molecular weight is 370 g/mol. The van der Waals surface area contributed by atoms with Gasteiger partial charge in [-0.2, -0.15) is 0 Å². The van der Waals surface area contributed by atoms with Gasteiger partial charge in [-0.3, -0.25) is 19.5 Å². The van der Waals surface area contributed by atoms with E-state index in [1.165, 1.54) is 6.92 Å². The molecule has 0 bridgehead atoms. The third-order valence-electron chi connectivity index (χ3n) is 5.28. The normalized spacial score (nSPS) is 20.9. The Bertz CT molecular complexity index is 912. The maximum atomic E-state index is 13.1. The predicted molar refractivity (Wildman–Crippen MR) is 100 cm³/mol. The fourth-order valence-corrected chi connectivity index (χ4v) is 4.39. The summed E-state index contributed by atoms with van der Waals surface area (Å²) in [7, 11) is 0. The van der Waals surface area contributed by atoms with E-state index < -0.39 is 0 Å². The van der Waals surface area contributed by atoms with E-state index in [0.717, 1.165) is 41.6 Å². The minimum Gasteiger partial charge on any atom is -0.349 e. The summed E-state index contributed by atoms with van der Waals surface area (Å²) in [6, 6.07) is 5.36. The molecule has 1 aromatic carbocycles. The van der Waals surface area contributed by atoms with Crippen LogP contribution < -0.4 is 10.2 Å². The molecule has 1 aliphatic carbocycles. The molecule has 1 aliphatic heterocycles. The third-order valence-corrected chi connectivity index (χ3v) is 5.52. The SMILES string of the molecule is CCC1c2cc(Cl)ccc2C(=O)N1c1cncc2c1CCC2NC(C)=O. The van der Waals surface area contributed by atoms with Crippen LogP contribution in [0.5, 0.6) is 0 Å². The molecule has 5 nitrogen and oxygen atoms in total. The average Bonchev–Trinajstić information content (AvgIpc) is 3.13. The lowest BCUT2D eigenvalue weighted by molar-refractivity contribution is -0.119. The lowest BCUT2D eigenvalue weighted by Crippen LogP contribution is -2.29. The number of hydrogen-bond acceptors (Lipinski definition) is 3. The Hall–Kier alpha value is -2.40. The van der Waals surface area contributed by atoms with Crippen LogP contribution in [0.1, 0.15) is 65.8 Å². The van der Waals surface area contributed by atoms with Crippen LogP contribution in [0.3, 0.4) is 0 Å². The summed E-state index contributed by atoms with van der Waals surface area (Å²) >= 11 is 6.17. The molecule has 134 valence electrons. The number of amides is 2. The molecular formula is C20H20ClN3O2. The van der Waals surface area contributed by atoms with Crippen molar-refractivity contribution in [2.75, 3.05) is 4.90 Å². The van der Waals surface area contributed by atoms with E-state index in [0.29, 0.717) is 10.6 Å². The van der Waals surface area contributed by atoms with E-state index in [1.807, 2.05) is 11.0 Å². The van der Waals surface area contributed by atoms with Gasteiger partial charge >= 0.3 is 0 Å². The van der Waals surface area contributed by atoms with Crippen molar-refractivity contribution in [2.24, 2.45) is 0 Å². The zero-order valence-electron chi connectivity index (χ0n) is 14.8. The molecule has 0 spiro atoms. The van der Waals surface area contributed by atoms with Crippen molar-refractivity contribution in [1.29, 1.82) is 0 Å². The van der Waals surface area contributed by atoms with Gasteiger partial charge in [0, 0.05) is 23.7 Å². The van der Waals surface area contributed by atoms with E-state index in [4.69, 9.17) is 11.6 Å². The molecule has 1 N–H and O–H groups in total. The smallest absolute Gasteiger partial charge is 0.259 e. The highest BCUT2D eigenvalue weighted by molar-refractivity contribution is 6.31. The largest absolute Gasteiger partial charge is 0.349 e. The monoisotopic (exact) mass is 369 g/mol. The molecule has 2 atom stereocenters. The van der Waals surface area contributed by atoms with Crippen molar-refractivity contribution < 1.29 is 9.59 Å². The Labute approximate surface area is 157 Å². The van der Waals surface area contributed by atoms with E-state index in [9.17, 15) is 9.59 Å². The van der Waals surface area contributed by atoms with Crippen molar-refractivity contribution in [3.05, 3.63) is 57.9 Å². The Kier molecular flexibility index (Phi) is 4.19. The topological polar surface area (TPSA) is 62.3 Å². The summed E-state index contributed by atoms with van der Waals surface area (Å²) < 4.78 is 0. The maximum Gasteiger partial charge on any atom is 0.259 e. The van der Waals surface area contributed by atoms with Gasteiger partial charge in [0.05, 0.1) is 24.0 Å². The van der Waals surface area contributed by atoms with Gasteiger partial charge in [-0.15, -0.1) is 0 Å². The lowest BCUT2D eigenvalue weighted by atomic mass is 10.0. The number of pyridine rings is 1. The molecule has 0 saturated heterocycles. The van der Waals surface area contributed by atoms with Crippen LogP contribution in [0.25, 0.3) is 0 Å². The quantitative estimate of drug-likeness (QED) is 0.890. The van der Waals surface area contributed by atoms with Gasteiger partial charge in [0.15, 0.2) is 0 Å². The number of carbonyl (C=O) groups excluding carboxylic acids is 2. The summed E-state index contributed by atoms with van der Waals surface area (Å²) in [6.07, 6.45) is 6.00. The van der Waals surface area contributed by atoms with E-state index >= 15 is 0 Å². The predicted octanol–water partition coefficient (Wildman–Crippen LogP) is 3.97. The number of nitrogens with zero attached hydrogens (tertiary/aromatic N) is 2. The van der Waals surface area contributed by atoms with Crippen LogP contribution in [0.15, 0.2) is 30.6 Å². The highest BCUT2D eigenvalue weighted by atomic mass is 35.5. The Morgan fingerprint density at radius 2 is 2.15 bits per heavy atom. The summed E-state index contributed by atoms with van der Waals surface area (Å²) in [5.74, 6) is -0.0688. The first-order valence-electron chi connectivity index (χ1n) is 8.88. The second kappa shape index (κ2) is 6.40. The fourth-order valence-electron chi connectivity index (χ4n) is 4.21. The number of fused-ring (bicyclic) bond motifs is 2. The van der Waals surface area contributed by atoms with Crippen molar-refractivity contribution in [3.63, 3.8) is 0 Å². The van der Waals surface area contributed by atoms with Crippen molar-refractivity contribution in [2.45, 2.75) is 45.2 Å². The van der Waals surface area contributed by atoms with Crippen LogP contribution >= 0.6 is 11.6 Å². The van der Waals surface area contributed by atoms with E-state index in [1.54, 1.807) is 24.5 Å². The number of anilines is 1. The van der Waals surface area contributed by atoms with Crippen LogP contribution in [-0.2, 0) is 11.2 Å². The van der Waals surface area contributed by atoms with Crippen molar-refractivity contribution in [1.82, 2.24) is 10.3 Å². The molecule has 0 saturated carbocycles. The molecule has 26 heavy (non-hydrogen) atoms. The Morgan fingerprint density at radius 1 is 1.35 bits per heavy atom. The number of hydrogen-bond donors (Lipinski definition) is 1. The van der Waals surface area contributed by atoms with Crippen LogP contribution in [-0.4, -0.2) is 16.8 Å². The number of nitrogens with one attached hydrogen (secondary N) is 1. The first-order valence-corrected chi connectivity index (χ1v) is 9.26. The molecule has 2 heterocycles. The molecule has 2 aromatic rings. The molecule has 2 amide bonds. The molecule has 2 unspecified atom stereocenters. The van der Waals surface area contributed by atoms with Gasteiger partial charge < -0.3 is 5.32 Å². The molecule has 2 aliphatic rings. The second-order valence-electron chi connectivity index (χ2n) is 6.85. The number of benzene rings is 1. The highest BCUT2D eigenvalue weighted by Gasteiger charge is 2.39. The maximum absolute atomic E-state index is 13.1. The van der Waals surface area contributed by atoms with Gasteiger partial charge in [-0.25, -0.2) is 0 Å². The van der Waals surface area contributed by atoms with E-state index in [2.05, 4.69) is 17.2 Å². The Morgan fingerprint density at radius 3 is 2.88 bits per heavy atom. The highest BCUT2D eigenvalue weighted by Crippen LogP contribution is 2.44. The van der Waals surface area contributed by atoms with Gasteiger partial charge in [-0.05, 0) is 54.2 Å². The van der Waals surface area contributed by atoms with Gasteiger partial charge in [0.25, 0.3) is 5.91 Å². The van der Waals surface area contributed by atoms with Gasteiger partial charge in [0.2, 0.25) is 5.91 Å². The number of carbonyl (C=O) groups is 2. The van der Waals surface area contributed by atoms with Gasteiger partial charge in [-0.1, -0.05) is 18.5 Å². The summed E-state index contributed by atoms with van der Waals surface area (Å²) in [5, 5.41) is 3.61. The van der Waals surface area contributed by atoms with Crippen molar-refractivity contribution >= 4 is 29.1 Å². The molecule has 4 rings (SSSR count). The number of rotatable bonds is 3. The van der Waals surface area contributed by atoms with Gasteiger partial charge in [0.1, 0.15) is 0 Å². The summed E-state index contributed by atoms with van der Waals surface area (Å²) in [6.45, 7) is 3.59. The number of aromatic nitrogens is 1. The molecule has 0 fully saturated rings. The molecule has 6 heteroatoms. The lowest BCUT2D eigenvalue weighted by Gasteiger charge is -2.26. The molecule has 0 radical (unpaired) electrons. The molecular weight excluding hydrogens is 350 g/mol. The summed E-state index contributed by atoms with van der Waals surface area (Å²) in [5.41, 5.74) is 4.63. The zero-order valence-corrected chi connectivity index (χ0v) is 15.5. The van der Waals surface area contributed by atoms with Crippen LogP contribution in [0, 0.1) is 0 Å². The minimum absolute atomic E-state index is 0.0123.